The van der Waals surface area contributed by atoms with Crippen LogP contribution in [0.25, 0.3) is 0 Å². The van der Waals surface area contributed by atoms with Crippen molar-refractivity contribution >= 4 is 44.8 Å². The van der Waals surface area contributed by atoms with E-state index in [1.54, 1.807) is 38.1 Å². The number of nitrogens with one attached hydrogen (secondary N) is 1. The number of nitro groups is 1. The number of sulfonamides is 1. The van der Waals surface area contributed by atoms with E-state index in [9.17, 15) is 28.1 Å². The van der Waals surface area contributed by atoms with Crippen molar-refractivity contribution in [2.75, 3.05) is 24.2 Å². The topological polar surface area (TPSA) is 139 Å². The number of nitro benzene ring substituents is 1. The number of amides is 2. The van der Waals surface area contributed by atoms with Gasteiger partial charge >= 0.3 is 0 Å². The first-order chi connectivity index (χ1) is 16.8. The molecule has 0 spiro atoms. The van der Waals surface area contributed by atoms with Gasteiger partial charge in [-0.1, -0.05) is 29.8 Å². The minimum atomic E-state index is -4.11. The van der Waals surface area contributed by atoms with Crippen molar-refractivity contribution in [3.8, 4) is 5.75 Å². The maximum absolute atomic E-state index is 13.6. The first-order valence-electron chi connectivity index (χ1n) is 10.9. The Morgan fingerprint density at radius 2 is 1.81 bits per heavy atom. The van der Waals surface area contributed by atoms with Crippen LogP contribution in [0.5, 0.6) is 5.75 Å². The third-order valence-electron chi connectivity index (χ3n) is 5.22. The Kier molecular flexibility index (Phi) is 9.65. The summed E-state index contributed by atoms with van der Waals surface area (Å²) in [7, 11) is -2.84. The number of benzene rings is 2. The van der Waals surface area contributed by atoms with Crippen molar-refractivity contribution in [2.45, 2.75) is 39.4 Å². The first-order valence-corrected chi connectivity index (χ1v) is 13.1. The van der Waals surface area contributed by atoms with Gasteiger partial charge in [-0.15, -0.1) is 0 Å². The van der Waals surface area contributed by atoms with Crippen LogP contribution in [0.2, 0.25) is 5.02 Å². The van der Waals surface area contributed by atoms with E-state index in [4.69, 9.17) is 16.3 Å². The molecule has 0 heterocycles. The van der Waals surface area contributed by atoms with Gasteiger partial charge in [0.1, 0.15) is 24.0 Å². The van der Waals surface area contributed by atoms with Gasteiger partial charge in [0.2, 0.25) is 21.8 Å². The zero-order chi connectivity index (χ0) is 27.2. The van der Waals surface area contributed by atoms with Crippen LogP contribution < -0.4 is 14.4 Å². The summed E-state index contributed by atoms with van der Waals surface area (Å²) in [4.78, 5) is 38.2. The molecule has 2 amide bonds. The minimum absolute atomic E-state index is 0.0158. The highest BCUT2D eigenvalue weighted by Gasteiger charge is 2.32. The largest absolute Gasteiger partial charge is 0.495 e. The molecule has 2 rings (SSSR count). The lowest BCUT2D eigenvalue weighted by Gasteiger charge is -2.32. The fourth-order valence-electron chi connectivity index (χ4n) is 3.38. The SMILES string of the molecule is COc1ccc([N+](=O)[O-])cc1N(CC(=O)N(Cc1ccccc1Cl)[C@H](C)C(=O)NC(C)C)S(C)(=O)=O. The molecule has 0 bridgehead atoms. The van der Waals surface area contributed by atoms with Crippen molar-refractivity contribution in [2.24, 2.45) is 0 Å². The number of halogens is 1. The molecule has 0 radical (unpaired) electrons. The van der Waals surface area contributed by atoms with Gasteiger partial charge in [-0.05, 0) is 38.5 Å². The Balaban J connectivity index is 2.53. The van der Waals surface area contributed by atoms with Crippen LogP contribution in [0.3, 0.4) is 0 Å². The number of hydrogen-bond donors (Lipinski definition) is 1. The number of anilines is 1. The first kappa shape index (κ1) is 28.9. The van der Waals surface area contributed by atoms with Gasteiger partial charge < -0.3 is 15.0 Å². The summed E-state index contributed by atoms with van der Waals surface area (Å²) in [6.45, 7) is 4.25. The van der Waals surface area contributed by atoms with Gasteiger partial charge in [-0.3, -0.25) is 24.0 Å². The Labute approximate surface area is 215 Å². The lowest BCUT2D eigenvalue weighted by molar-refractivity contribution is -0.384. The summed E-state index contributed by atoms with van der Waals surface area (Å²) in [5.41, 5.74) is -0.0143. The summed E-state index contributed by atoms with van der Waals surface area (Å²) in [6, 6.07) is 9.00. The molecule has 13 heteroatoms. The summed E-state index contributed by atoms with van der Waals surface area (Å²) < 4.78 is 31.4. The molecule has 0 saturated heterocycles. The van der Waals surface area contributed by atoms with E-state index >= 15 is 0 Å². The van der Waals surface area contributed by atoms with Crippen LogP contribution in [0.15, 0.2) is 42.5 Å². The van der Waals surface area contributed by atoms with Crippen LogP contribution in [0.1, 0.15) is 26.3 Å². The monoisotopic (exact) mass is 540 g/mol. The maximum atomic E-state index is 13.6. The number of nitrogens with zero attached hydrogens (tertiary/aromatic N) is 3. The summed E-state index contributed by atoms with van der Waals surface area (Å²) in [5, 5.41) is 14.4. The number of methoxy groups -OCH3 is 1. The second-order valence-electron chi connectivity index (χ2n) is 8.34. The second kappa shape index (κ2) is 12.0. The number of carbonyl (C=O) groups is 2. The van der Waals surface area contributed by atoms with Gasteiger partial charge in [0.15, 0.2) is 0 Å². The number of rotatable bonds is 11. The number of non-ortho nitro benzene ring substituents is 1. The maximum Gasteiger partial charge on any atom is 0.271 e. The van der Waals surface area contributed by atoms with E-state index in [2.05, 4.69) is 5.32 Å². The van der Waals surface area contributed by atoms with Crippen molar-refractivity contribution in [1.29, 1.82) is 0 Å². The van der Waals surface area contributed by atoms with Crippen molar-refractivity contribution < 1.29 is 27.7 Å². The molecule has 0 fully saturated rings. The van der Waals surface area contributed by atoms with Crippen LogP contribution in [0, 0.1) is 10.1 Å². The van der Waals surface area contributed by atoms with E-state index < -0.39 is 39.3 Å². The van der Waals surface area contributed by atoms with Crippen molar-refractivity contribution in [3.63, 3.8) is 0 Å². The molecule has 36 heavy (non-hydrogen) atoms. The molecule has 11 nitrogen and oxygen atoms in total. The van der Waals surface area contributed by atoms with Crippen LogP contribution in [0.4, 0.5) is 11.4 Å². The van der Waals surface area contributed by atoms with E-state index in [1.165, 1.54) is 25.0 Å². The van der Waals surface area contributed by atoms with Crippen LogP contribution in [-0.4, -0.2) is 62.0 Å². The summed E-state index contributed by atoms with van der Waals surface area (Å²) >= 11 is 6.28. The fourth-order valence-corrected chi connectivity index (χ4v) is 4.42. The van der Waals surface area contributed by atoms with Gasteiger partial charge in [-0.25, -0.2) is 8.42 Å². The predicted molar refractivity (Wildman–Crippen MR) is 137 cm³/mol. The van der Waals surface area contributed by atoms with E-state index in [-0.39, 0.29) is 29.7 Å². The molecule has 196 valence electrons. The predicted octanol–water partition coefficient (Wildman–Crippen LogP) is 2.96. The molecule has 0 saturated carbocycles. The summed E-state index contributed by atoms with van der Waals surface area (Å²) in [6.07, 6.45) is 0.867. The fraction of sp³-hybridized carbons (Fsp3) is 0.391. The zero-order valence-corrected chi connectivity index (χ0v) is 22.2. The highest BCUT2D eigenvalue weighted by molar-refractivity contribution is 7.92. The molecule has 2 aromatic rings. The smallest absolute Gasteiger partial charge is 0.271 e. The molecule has 1 atom stereocenters. The van der Waals surface area contributed by atoms with Crippen LogP contribution in [-0.2, 0) is 26.2 Å². The molecule has 2 aromatic carbocycles. The Hall–Kier alpha value is -3.38. The van der Waals surface area contributed by atoms with Gasteiger partial charge in [0.05, 0.1) is 18.3 Å². The Morgan fingerprint density at radius 1 is 1.17 bits per heavy atom. The normalized spacial score (nSPS) is 12.1. The standard InChI is InChI=1S/C23H29ClN4O7S/c1-15(2)25-23(30)16(3)26(13-17-8-6-7-9-19(17)24)22(29)14-27(36(5,33)34)20-12-18(28(31)32)10-11-21(20)35-4/h6-12,15-16H,13-14H2,1-5H3,(H,25,30)/t16-/m1/s1. The molecule has 0 aliphatic heterocycles. The molecule has 0 aliphatic carbocycles. The lowest BCUT2D eigenvalue weighted by atomic mass is 10.1. The molecule has 0 unspecified atom stereocenters. The van der Waals surface area contributed by atoms with E-state index in [0.717, 1.165) is 18.4 Å². The average molecular weight is 541 g/mol. The Morgan fingerprint density at radius 3 is 2.33 bits per heavy atom. The number of hydrogen-bond acceptors (Lipinski definition) is 7. The van der Waals surface area contributed by atoms with E-state index in [1.807, 2.05) is 0 Å². The van der Waals surface area contributed by atoms with Crippen LogP contribution >= 0.6 is 11.6 Å². The van der Waals surface area contributed by atoms with Gasteiger partial charge in [0, 0.05) is 29.7 Å². The zero-order valence-electron chi connectivity index (χ0n) is 20.6. The Bertz CT molecular complexity index is 1240. The highest BCUT2D eigenvalue weighted by Crippen LogP contribution is 2.34. The molecule has 0 aliphatic rings. The third-order valence-corrected chi connectivity index (χ3v) is 6.71. The third kappa shape index (κ3) is 7.31. The van der Waals surface area contributed by atoms with E-state index in [0.29, 0.717) is 14.9 Å². The van der Waals surface area contributed by atoms with Crippen molar-refractivity contribution in [3.05, 3.63) is 63.2 Å². The van der Waals surface area contributed by atoms with Crippen molar-refractivity contribution in [1.82, 2.24) is 10.2 Å². The quantitative estimate of drug-likeness (QED) is 0.341. The molecule has 1 N–H and O–H groups in total. The average Bonchev–Trinajstić information content (AvgIpc) is 2.79. The second-order valence-corrected chi connectivity index (χ2v) is 10.6. The minimum Gasteiger partial charge on any atom is -0.495 e. The highest BCUT2D eigenvalue weighted by atomic mass is 35.5. The molecular weight excluding hydrogens is 512 g/mol. The number of carbonyl (C=O) groups excluding carboxylic acids is 2. The summed E-state index contributed by atoms with van der Waals surface area (Å²) in [5.74, 6) is -1.15. The van der Waals surface area contributed by atoms with Gasteiger partial charge in [0.25, 0.3) is 5.69 Å². The number of ether oxygens (including phenoxy) is 1. The lowest BCUT2D eigenvalue weighted by Crippen LogP contribution is -2.52. The molecular formula is C23H29ClN4O7S. The molecule has 0 aromatic heterocycles. The van der Waals surface area contributed by atoms with Gasteiger partial charge in [-0.2, -0.15) is 0 Å².